The maximum atomic E-state index is 13.4. The quantitative estimate of drug-likeness (QED) is 0.0455. The molecule has 3 rings (SSSR count). The fourth-order valence-corrected chi connectivity index (χ4v) is 7.55. The summed E-state index contributed by atoms with van der Waals surface area (Å²) in [7, 11) is 0. The van der Waals surface area contributed by atoms with Crippen molar-refractivity contribution in [3.8, 4) is 0 Å². The van der Waals surface area contributed by atoms with Gasteiger partial charge in [0, 0.05) is 25.4 Å². The molecule has 0 bridgehead atoms. The SMILES string of the molecule is CCCCCCCCCCCCNC(=O)O[C@@H]1[C@H](OC(=O)NCCCCCCCCCCCC)[C@@H](Cn2cc(CNC(=O)[C@@H](N)CCCCN)nn2)O[C@H]1n1ccc(=O)[nH]c1=O. The molecule has 1 fully saturated rings. The molecule has 2 aromatic rings. The maximum Gasteiger partial charge on any atom is 0.407 e. The first-order chi connectivity index (χ1) is 30.2. The highest BCUT2D eigenvalue weighted by Gasteiger charge is 2.51. The van der Waals surface area contributed by atoms with Gasteiger partial charge in [-0.25, -0.2) is 19.1 Å². The van der Waals surface area contributed by atoms with Gasteiger partial charge in [0.2, 0.25) is 5.91 Å². The van der Waals surface area contributed by atoms with Crippen LogP contribution in [0, 0.1) is 0 Å². The zero-order valence-electron chi connectivity index (χ0n) is 37.6. The second-order valence-corrected chi connectivity index (χ2v) is 16.6. The summed E-state index contributed by atoms with van der Waals surface area (Å²) in [4.78, 5) is 66.6. The van der Waals surface area contributed by atoms with E-state index in [9.17, 15) is 24.0 Å². The van der Waals surface area contributed by atoms with Crippen LogP contribution in [0.1, 0.15) is 173 Å². The third-order valence-electron chi connectivity index (χ3n) is 11.2. The van der Waals surface area contributed by atoms with Crippen molar-refractivity contribution in [2.24, 2.45) is 11.5 Å². The number of hydrogen-bond acceptors (Lipinski definition) is 12. The molecule has 0 unspecified atom stereocenters. The molecule has 0 radical (unpaired) electrons. The monoisotopic (exact) mass is 875 g/mol. The molecule has 2 aromatic heterocycles. The summed E-state index contributed by atoms with van der Waals surface area (Å²) in [5, 5.41) is 16.7. The lowest BCUT2D eigenvalue weighted by molar-refractivity contribution is -0.122. The zero-order valence-corrected chi connectivity index (χ0v) is 37.6. The molecule has 5 atom stereocenters. The average Bonchev–Trinajstić information content (AvgIpc) is 3.84. The van der Waals surface area contributed by atoms with E-state index in [0.29, 0.717) is 31.7 Å². The number of aromatic amines is 1. The van der Waals surface area contributed by atoms with E-state index in [4.69, 9.17) is 25.7 Å². The van der Waals surface area contributed by atoms with Crippen LogP contribution in [0.4, 0.5) is 9.59 Å². The van der Waals surface area contributed by atoms with Crippen molar-refractivity contribution in [2.45, 2.75) is 205 Å². The highest BCUT2D eigenvalue weighted by atomic mass is 16.7. The van der Waals surface area contributed by atoms with Gasteiger partial charge in [0.1, 0.15) is 11.8 Å². The minimum absolute atomic E-state index is 0.0371. The Morgan fingerprint density at radius 3 is 1.82 bits per heavy atom. The standard InChI is InChI=1S/C44H78N10O8/c1-3-5-7-9-11-13-15-17-19-23-28-47-43(58)61-38-36(33-53-32-34(51-52-53)31-49-40(56)35(46)25-21-22-27-45)60-41(54-30-26-37(55)50-42(54)57)39(38)62-44(59)48-29-24-20-18-16-14-12-10-8-6-4-2/h26,30,32,35-36,38-39,41H,3-25,27-29,31,33,45-46H2,1-2H3,(H,47,58)(H,48,59)(H,49,56)(H,50,55,57)/t35-,36+,38+,39+,41+/m0/s1. The number of nitrogens with zero attached hydrogens (tertiary/aromatic N) is 4. The van der Waals surface area contributed by atoms with E-state index in [0.717, 1.165) is 74.8 Å². The molecule has 0 aromatic carbocycles. The van der Waals surface area contributed by atoms with E-state index in [-0.39, 0.29) is 19.0 Å². The number of carbonyl (C=O) groups is 3. The van der Waals surface area contributed by atoms with Crippen LogP contribution >= 0.6 is 0 Å². The highest BCUT2D eigenvalue weighted by Crippen LogP contribution is 2.34. The van der Waals surface area contributed by atoms with E-state index < -0.39 is 54.0 Å². The molecule has 3 heterocycles. The first-order valence-corrected chi connectivity index (χ1v) is 23.6. The van der Waals surface area contributed by atoms with Gasteiger partial charge in [0.05, 0.1) is 25.3 Å². The molecule has 0 saturated carbocycles. The molecule has 62 heavy (non-hydrogen) atoms. The van der Waals surface area contributed by atoms with Crippen LogP contribution < -0.4 is 38.7 Å². The van der Waals surface area contributed by atoms with Crippen LogP contribution in [0.3, 0.4) is 0 Å². The largest absolute Gasteiger partial charge is 0.439 e. The van der Waals surface area contributed by atoms with E-state index in [2.05, 4.69) is 45.1 Å². The van der Waals surface area contributed by atoms with Crippen LogP contribution in [0.5, 0.6) is 0 Å². The van der Waals surface area contributed by atoms with Crippen LogP contribution in [0.15, 0.2) is 28.0 Å². The first-order valence-electron chi connectivity index (χ1n) is 23.6. The lowest BCUT2D eigenvalue weighted by Gasteiger charge is -2.25. The number of alkyl carbamates (subject to hydrolysis) is 2. The molecule has 0 aliphatic carbocycles. The van der Waals surface area contributed by atoms with Gasteiger partial charge in [0.15, 0.2) is 18.4 Å². The summed E-state index contributed by atoms with van der Waals surface area (Å²) in [6.45, 7) is 5.75. The van der Waals surface area contributed by atoms with Gasteiger partial charge in [-0.2, -0.15) is 0 Å². The van der Waals surface area contributed by atoms with E-state index in [1.165, 1.54) is 87.9 Å². The molecule has 3 amide bonds. The topological polar surface area (TPSA) is 253 Å². The molecular formula is C44H78N10O8. The highest BCUT2D eigenvalue weighted by molar-refractivity contribution is 5.81. The van der Waals surface area contributed by atoms with Crippen LogP contribution in [-0.4, -0.2) is 86.6 Å². The van der Waals surface area contributed by atoms with Gasteiger partial charge in [-0.1, -0.05) is 141 Å². The fraction of sp³-hybridized carbons (Fsp3) is 0.795. The number of unbranched alkanes of at least 4 members (excludes halogenated alkanes) is 19. The Morgan fingerprint density at radius 1 is 0.758 bits per heavy atom. The van der Waals surface area contributed by atoms with E-state index in [1.807, 2.05) is 0 Å². The minimum atomic E-state index is -1.30. The summed E-state index contributed by atoms with van der Waals surface area (Å²) in [6, 6.07) is 0.465. The van der Waals surface area contributed by atoms with Crippen LogP contribution in [-0.2, 0) is 32.1 Å². The Labute approximate surface area is 367 Å². The Morgan fingerprint density at radius 2 is 1.29 bits per heavy atom. The Hall–Kier alpha value is -4.29. The van der Waals surface area contributed by atoms with Gasteiger partial charge >= 0.3 is 17.9 Å². The molecule has 8 N–H and O–H groups in total. The van der Waals surface area contributed by atoms with Gasteiger partial charge in [-0.3, -0.25) is 19.1 Å². The Kier molecular flexibility index (Phi) is 26.5. The second kappa shape index (κ2) is 31.5. The summed E-state index contributed by atoms with van der Waals surface area (Å²) in [5.74, 6) is -0.325. The van der Waals surface area contributed by atoms with E-state index >= 15 is 0 Å². The average molecular weight is 875 g/mol. The number of nitrogens with one attached hydrogen (secondary N) is 4. The number of rotatable bonds is 34. The molecule has 352 valence electrons. The molecule has 18 heteroatoms. The van der Waals surface area contributed by atoms with Gasteiger partial charge < -0.3 is 41.6 Å². The number of aromatic nitrogens is 5. The predicted molar refractivity (Wildman–Crippen MR) is 238 cm³/mol. The number of amides is 3. The number of H-pyrrole nitrogens is 1. The van der Waals surface area contributed by atoms with Gasteiger partial charge in [0.25, 0.3) is 5.56 Å². The van der Waals surface area contributed by atoms with Crippen molar-refractivity contribution in [1.29, 1.82) is 0 Å². The van der Waals surface area contributed by atoms with Crippen molar-refractivity contribution in [3.05, 3.63) is 45.0 Å². The molecule has 1 saturated heterocycles. The van der Waals surface area contributed by atoms with Crippen LogP contribution in [0.25, 0.3) is 0 Å². The fourth-order valence-electron chi connectivity index (χ4n) is 7.55. The van der Waals surface area contributed by atoms with Crippen LogP contribution in [0.2, 0.25) is 0 Å². The lowest BCUT2D eigenvalue weighted by Crippen LogP contribution is -2.45. The third-order valence-corrected chi connectivity index (χ3v) is 11.2. The summed E-state index contributed by atoms with van der Waals surface area (Å²) in [5.41, 5.74) is 10.6. The molecule has 18 nitrogen and oxygen atoms in total. The number of carbonyl (C=O) groups excluding carboxylic acids is 3. The second-order valence-electron chi connectivity index (χ2n) is 16.6. The van der Waals surface area contributed by atoms with Crippen molar-refractivity contribution >= 4 is 18.1 Å². The third kappa shape index (κ3) is 20.7. The summed E-state index contributed by atoms with van der Waals surface area (Å²) < 4.78 is 20.8. The first kappa shape index (κ1) is 52.1. The lowest BCUT2D eigenvalue weighted by atomic mass is 10.1. The van der Waals surface area contributed by atoms with Crippen molar-refractivity contribution < 1.29 is 28.6 Å². The molecule has 0 spiro atoms. The Bertz CT molecular complexity index is 1650. The predicted octanol–water partition coefficient (Wildman–Crippen LogP) is 5.83. The molecule has 1 aliphatic rings. The van der Waals surface area contributed by atoms with Gasteiger partial charge in [-0.05, 0) is 32.2 Å². The minimum Gasteiger partial charge on any atom is -0.439 e. The van der Waals surface area contributed by atoms with E-state index in [1.54, 1.807) is 6.20 Å². The molecular weight excluding hydrogens is 797 g/mol. The smallest absolute Gasteiger partial charge is 0.407 e. The summed E-state index contributed by atoms with van der Waals surface area (Å²) >= 11 is 0. The number of hydrogen-bond donors (Lipinski definition) is 6. The number of nitrogens with two attached hydrogens (primary N) is 2. The van der Waals surface area contributed by atoms with Gasteiger partial charge in [-0.15, -0.1) is 5.10 Å². The van der Waals surface area contributed by atoms with Crippen molar-refractivity contribution in [3.63, 3.8) is 0 Å². The van der Waals surface area contributed by atoms with Crippen molar-refractivity contribution in [2.75, 3.05) is 19.6 Å². The summed E-state index contributed by atoms with van der Waals surface area (Å²) in [6.07, 6.45) is 21.5. The molecule has 1 aliphatic heterocycles. The number of ether oxygens (including phenoxy) is 3. The zero-order chi connectivity index (χ0) is 44.8. The Balaban J connectivity index is 1.68. The van der Waals surface area contributed by atoms with Crippen molar-refractivity contribution in [1.82, 2.24) is 40.5 Å². The normalized spacial score (nSPS) is 17.7. The maximum absolute atomic E-state index is 13.4.